The normalized spacial score (nSPS) is 20.8. The van der Waals surface area contributed by atoms with E-state index >= 15 is 0 Å². The maximum atomic E-state index is 14.2. The number of hydrogen-bond acceptors (Lipinski definition) is 15. The number of carbonyl (C=O) groups is 9. The van der Waals surface area contributed by atoms with Gasteiger partial charge in [-0.25, -0.2) is 4.98 Å². The molecule has 0 radical (unpaired) electrons. The Bertz CT molecular complexity index is 2550. The lowest BCUT2D eigenvalue weighted by Gasteiger charge is -2.29. The van der Waals surface area contributed by atoms with Crippen molar-refractivity contribution in [1.29, 1.82) is 0 Å². The van der Waals surface area contributed by atoms with Crippen molar-refractivity contribution in [2.24, 2.45) is 11.8 Å². The molecule has 23 nitrogen and oxygen atoms in total. The number of thiazole rings is 1. The summed E-state index contributed by atoms with van der Waals surface area (Å²) in [5.74, 6) is -11.3. The van der Waals surface area contributed by atoms with Crippen LogP contribution in [0.25, 0.3) is 6.08 Å². The van der Waals surface area contributed by atoms with E-state index in [0.717, 1.165) is 17.4 Å². The molecule has 25 heteroatoms. The molecule has 70 heavy (non-hydrogen) atoms. The number of benzene rings is 2. The first-order valence-corrected chi connectivity index (χ1v) is 24.5. The molecule has 0 spiro atoms. The van der Waals surface area contributed by atoms with Gasteiger partial charge in [-0.05, 0) is 79.6 Å². The van der Waals surface area contributed by atoms with Crippen molar-refractivity contribution in [3.05, 3.63) is 81.8 Å². The van der Waals surface area contributed by atoms with Gasteiger partial charge in [-0.2, -0.15) is 8.42 Å². The van der Waals surface area contributed by atoms with Crippen LogP contribution in [0.1, 0.15) is 80.1 Å². The second-order valence-electron chi connectivity index (χ2n) is 16.9. The first kappa shape index (κ1) is 55.3. The van der Waals surface area contributed by atoms with Crippen LogP contribution in [0.4, 0.5) is 0 Å². The van der Waals surface area contributed by atoms with Gasteiger partial charge in [-0.1, -0.05) is 46.2 Å². The summed E-state index contributed by atoms with van der Waals surface area (Å²) in [6.07, 6.45) is 2.43. The highest BCUT2D eigenvalue weighted by Crippen LogP contribution is 2.25. The van der Waals surface area contributed by atoms with E-state index in [1.165, 1.54) is 54.8 Å². The molecule has 2 bridgehead atoms. The first-order valence-electron chi connectivity index (χ1n) is 22.0. The molecular formula is C45H57N9O14S2. The number of carbonyl (C=O) groups excluding carboxylic acids is 9. The number of aromatic hydroxyl groups is 2. The molecule has 1 aliphatic heterocycles. The van der Waals surface area contributed by atoms with E-state index in [-0.39, 0.29) is 46.5 Å². The number of Topliss-reactive ketones (excluding diaryl/α,β-unsaturated/α-hetero) is 1. The predicted octanol–water partition coefficient (Wildman–Crippen LogP) is -0.480. The lowest BCUT2D eigenvalue weighted by molar-refractivity contribution is -0.142. The van der Waals surface area contributed by atoms with Gasteiger partial charge in [-0.3, -0.25) is 47.7 Å². The van der Waals surface area contributed by atoms with Crippen LogP contribution in [-0.2, 0) is 54.9 Å². The Morgan fingerprint density at radius 3 is 2.07 bits per heavy atom. The van der Waals surface area contributed by atoms with E-state index in [4.69, 9.17) is 0 Å². The number of fused-ring (bicyclic) bond motifs is 2. The molecule has 4 rings (SSSR count). The Kier molecular flexibility index (Phi) is 20.1. The molecule has 2 aromatic carbocycles. The quantitative estimate of drug-likeness (QED) is 0.0718. The van der Waals surface area contributed by atoms with Crippen molar-refractivity contribution in [2.75, 3.05) is 18.8 Å². The van der Waals surface area contributed by atoms with Gasteiger partial charge in [0.15, 0.2) is 0 Å². The van der Waals surface area contributed by atoms with E-state index in [0.29, 0.717) is 12.0 Å². The highest BCUT2D eigenvalue weighted by Gasteiger charge is 2.37. The summed E-state index contributed by atoms with van der Waals surface area (Å²) in [5, 5.41) is 40.4. The van der Waals surface area contributed by atoms with Crippen molar-refractivity contribution in [2.45, 2.75) is 90.1 Å². The molecule has 11 N–H and O–H groups in total. The number of phenolic OH excluding ortho intramolecular Hbond substituents is 2. The Morgan fingerprint density at radius 2 is 1.46 bits per heavy atom. The number of amides is 8. The van der Waals surface area contributed by atoms with Crippen LogP contribution < -0.4 is 42.5 Å². The van der Waals surface area contributed by atoms with Gasteiger partial charge in [0.05, 0.1) is 24.3 Å². The van der Waals surface area contributed by atoms with E-state index in [1.807, 2.05) is 0 Å². The fraction of sp³-hybridized carbons (Fsp3) is 0.422. The van der Waals surface area contributed by atoms with Crippen LogP contribution >= 0.6 is 11.3 Å². The minimum atomic E-state index is -4.95. The highest BCUT2D eigenvalue weighted by atomic mass is 32.2. The lowest BCUT2D eigenvalue weighted by atomic mass is 9.93. The maximum absolute atomic E-state index is 14.2. The fourth-order valence-corrected chi connectivity index (χ4v) is 8.24. The van der Waals surface area contributed by atoms with Crippen molar-refractivity contribution in [1.82, 2.24) is 47.5 Å². The number of hydrogen-bond donors (Lipinski definition) is 11. The molecular weight excluding hydrogens is 955 g/mol. The van der Waals surface area contributed by atoms with Gasteiger partial charge in [0.1, 0.15) is 46.4 Å². The monoisotopic (exact) mass is 1010 g/mol. The number of aromatic nitrogens is 1. The highest BCUT2D eigenvalue weighted by molar-refractivity contribution is 7.85. The average molecular weight is 1010 g/mol. The molecule has 2 heterocycles. The summed E-state index contributed by atoms with van der Waals surface area (Å²) in [4.78, 5) is 126. The number of rotatable bonds is 14. The number of ketones is 1. The third-order valence-corrected chi connectivity index (χ3v) is 12.4. The molecule has 7 unspecified atom stereocenters. The Labute approximate surface area is 407 Å². The third-order valence-electron chi connectivity index (χ3n) is 10.7. The molecule has 7 atom stereocenters. The Balaban J connectivity index is 1.69. The number of nitrogens with one attached hydrogen (secondary N) is 8. The molecule has 1 aromatic heterocycles. The van der Waals surface area contributed by atoms with E-state index in [9.17, 15) is 66.3 Å². The minimum absolute atomic E-state index is 0.0229. The molecule has 1 aliphatic rings. The Morgan fingerprint density at radius 1 is 0.814 bits per heavy atom. The summed E-state index contributed by atoms with van der Waals surface area (Å²) < 4.78 is 33.8. The fourth-order valence-electron chi connectivity index (χ4n) is 6.75. The van der Waals surface area contributed by atoms with Gasteiger partial charge in [0, 0.05) is 23.6 Å². The molecule has 378 valence electrons. The van der Waals surface area contributed by atoms with E-state index < -0.39 is 124 Å². The van der Waals surface area contributed by atoms with Crippen molar-refractivity contribution < 1.29 is 66.3 Å². The largest absolute Gasteiger partial charge is 0.508 e. The number of nitrogens with zero attached hydrogens (tertiary/aromatic N) is 1. The maximum Gasteiger partial charge on any atom is 0.290 e. The molecule has 0 fully saturated rings. The smallest absolute Gasteiger partial charge is 0.290 e. The van der Waals surface area contributed by atoms with Crippen LogP contribution in [0.5, 0.6) is 11.5 Å². The zero-order valence-electron chi connectivity index (χ0n) is 38.8. The summed E-state index contributed by atoms with van der Waals surface area (Å²) in [5.41, 5.74) is 0.904. The molecule has 0 aliphatic carbocycles. The van der Waals surface area contributed by atoms with E-state index in [1.54, 1.807) is 39.8 Å². The minimum Gasteiger partial charge on any atom is -0.508 e. The SMILES string of the molecule is CCC(C)C1NC(=O)C(CC(C)C)NC(=O)C(NC(=O)C(C)NC(=O)CNC(=O)c2ccc(O)cc2)CNC(=O)C(CS(=O)(=O)O)NC(=O)C=Cc2csc(n2)C(Cc2ccc(O)cc2)NC(=O)C1=O. The van der Waals surface area contributed by atoms with Crippen molar-refractivity contribution in [3.8, 4) is 11.5 Å². The summed E-state index contributed by atoms with van der Waals surface area (Å²) in [6, 6.07) is 2.16. The van der Waals surface area contributed by atoms with Gasteiger partial charge >= 0.3 is 0 Å². The van der Waals surface area contributed by atoms with Crippen LogP contribution in [0.15, 0.2) is 60.0 Å². The zero-order chi connectivity index (χ0) is 51.9. The standard InChI is InChI=1S/C45H57N9O14S2/c1-6-24(4)37-38(59)44(65)52-32(18-26-7-12-29(55)13-8-26)45-49-28(21-69-45)11-16-35(57)50-34(22-70(66,67)68)41(62)46-19-33(43(64)51-31(17-23(2)3)42(63)54-37)53-39(60)25(5)48-36(58)20-47-40(61)27-9-14-30(56)15-10-27/h7-16,21,23-25,31-34,37,55-56H,6,17-20,22H2,1-5H3,(H,46,62)(H,47,61)(H,48,58)(H,50,57)(H,51,64)(H,52,65)(H,53,60)(H,54,63)(H,66,67,68). The third kappa shape index (κ3) is 17.4. The van der Waals surface area contributed by atoms with Crippen LogP contribution in [0, 0.1) is 11.8 Å². The van der Waals surface area contributed by atoms with Crippen molar-refractivity contribution >= 4 is 80.6 Å². The van der Waals surface area contributed by atoms with Crippen LogP contribution in [0.3, 0.4) is 0 Å². The predicted molar refractivity (Wildman–Crippen MR) is 253 cm³/mol. The molecule has 0 saturated carbocycles. The topological polar surface area (TPSA) is 358 Å². The van der Waals surface area contributed by atoms with E-state index in [2.05, 4.69) is 47.5 Å². The molecule has 0 saturated heterocycles. The second kappa shape index (κ2) is 25.4. The second-order valence-corrected chi connectivity index (χ2v) is 19.3. The summed E-state index contributed by atoms with van der Waals surface area (Å²) in [6.45, 7) is 6.60. The Hall–Kier alpha value is -7.25. The lowest BCUT2D eigenvalue weighted by Crippen LogP contribution is -2.61. The zero-order valence-corrected chi connectivity index (χ0v) is 40.4. The summed E-state index contributed by atoms with van der Waals surface area (Å²) in [7, 11) is -4.95. The van der Waals surface area contributed by atoms with Crippen molar-refractivity contribution in [3.63, 3.8) is 0 Å². The molecule has 8 amide bonds. The average Bonchev–Trinajstić information content (AvgIpc) is 3.78. The van der Waals surface area contributed by atoms with Crippen LogP contribution in [-0.4, -0.2) is 130 Å². The first-order chi connectivity index (χ1) is 32.9. The molecule has 3 aromatic rings. The van der Waals surface area contributed by atoms with Crippen LogP contribution in [0.2, 0.25) is 0 Å². The van der Waals surface area contributed by atoms with Gasteiger partial charge in [0.25, 0.3) is 21.9 Å². The number of phenols is 2. The van der Waals surface area contributed by atoms with Gasteiger partial charge < -0.3 is 52.7 Å². The van der Waals surface area contributed by atoms with Gasteiger partial charge in [0.2, 0.25) is 41.2 Å². The summed E-state index contributed by atoms with van der Waals surface area (Å²) >= 11 is 1.05. The van der Waals surface area contributed by atoms with Gasteiger partial charge in [-0.15, -0.1) is 11.3 Å².